The molecule has 9 heteroatoms. The Morgan fingerprint density at radius 2 is 1.84 bits per heavy atom. The van der Waals surface area contributed by atoms with Crippen molar-refractivity contribution in [1.29, 1.82) is 0 Å². The number of nitrogens with zero attached hydrogens (tertiary/aromatic N) is 3. The van der Waals surface area contributed by atoms with Crippen LogP contribution in [0.15, 0.2) is 66.7 Å². The van der Waals surface area contributed by atoms with E-state index in [0.29, 0.717) is 40.0 Å². The smallest absolute Gasteiger partial charge is 0.336 e. The maximum atomic E-state index is 14.4. The first-order valence-electron chi connectivity index (χ1n) is 9.68. The molecule has 0 aliphatic heterocycles. The van der Waals surface area contributed by atoms with Gasteiger partial charge in [-0.3, -0.25) is 4.79 Å². The highest BCUT2D eigenvalue weighted by atomic mass is 35.5. The van der Waals surface area contributed by atoms with Gasteiger partial charge in [0.25, 0.3) is 5.91 Å². The number of halogens is 3. The number of carbonyl (C=O) groups excluding carboxylic acids is 1. The highest BCUT2D eigenvalue weighted by Crippen LogP contribution is 2.27. The van der Waals surface area contributed by atoms with E-state index in [1.165, 1.54) is 16.8 Å². The summed E-state index contributed by atoms with van der Waals surface area (Å²) in [7, 11) is 0. The number of nitrogens with one attached hydrogen (secondary N) is 1. The summed E-state index contributed by atoms with van der Waals surface area (Å²) in [5.41, 5.74) is 1.76. The molecule has 0 aliphatic carbocycles. The van der Waals surface area contributed by atoms with Gasteiger partial charge in [-0.25, -0.2) is 9.07 Å². The van der Waals surface area contributed by atoms with E-state index >= 15 is 0 Å². The van der Waals surface area contributed by atoms with Gasteiger partial charge in [-0.15, -0.1) is 5.10 Å². The third-order valence-electron chi connectivity index (χ3n) is 4.52. The summed E-state index contributed by atoms with van der Waals surface area (Å²) >= 11 is 12.0. The molecule has 4 rings (SSSR count). The number of benzene rings is 3. The molecule has 1 N–H and O–H groups in total. The number of anilines is 1. The van der Waals surface area contributed by atoms with Gasteiger partial charge in [0.15, 0.2) is 5.82 Å². The average Bonchev–Trinajstić information content (AvgIpc) is 3.18. The largest absolute Gasteiger partial charge is 0.463 e. The Balaban J connectivity index is 1.63. The van der Waals surface area contributed by atoms with E-state index in [1.54, 1.807) is 54.6 Å². The lowest BCUT2D eigenvalue weighted by atomic mass is 10.2. The van der Waals surface area contributed by atoms with E-state index in [-0.39, 0.29) is 16.9 Å². The second-order valence-corrected chi connectivity index (χ2v) is 7.51. The van der Waals surface area contributed by atoms with Gasteiger partial charge in [0.2, 0.25) is 0 Å². The van der Waals surface area contributed by atoms with Gasteiger partial charge in [0, 0.05) is 10.7 Å². The van der Waals surface area contributed by atoms with E-state index < -0.39 is 5.82 Å². The van der Waals surface area contributed by atoms with Crippen LogP contribution >= 0.6 is 23.2 Å². The minimum atomic E-state index is -0.423. The zero-order valence-electron chi connectivity index (χ0n) is 16.8. The van der Waals surface area contributed by atoms with Crippen LogP contribution in [0.5, 0.6) is 6.01 Å². The van der Waals surface area contributed by atoms with E-state index in [9.17, 15) is 9.18 Å². The summed E-state index contributed by atoms with van der Waals surface area (Å²) in [6.45, 7) is 2.19. The number of rotatable bonds is 6. The van der Waals surface area contributed by atoms with Crippen molar-refractivity contribution in [3.8, 4) is 23.1 Å². The number of hydrogen-bond acceptors (Lipinski definition) is 4. The molecule has 1 heterocycles. The average molecular weight is 471 g/mol. The Morgan fingerprint density at radius 1 is 1.09 bits per heavy atom. The van der Waals surface area contributed by atoms with Gasteiger partial charge < -0.3 is 10.1 Å². The van der Waals surface area contributed by atoms with Crippen LogP contribution in [0.3, 0.4) is 0 Å². The minimum Gasteiger partial charge on any atom is -0.463 e. The lowest BCUT2D eigenvalue weighted by Gasteiger charge is -2.09. The summed E-state index contributed by atoms with van der Waals surface area (Å²) in [4.78, 5) is 16.9. The van der Waals surface area contributed by atoms with Crippen LogP contribution in [-0.4, -0.2) is 27.3 Å². The molecular weight excluding hydrogens is 454 g/mol. The highest BCUT2D eigenvalue weighted by Gasteiger charge is 2.18. The second-order valence-electron chi connectivity index (χ2n) is 6.67. The molecule has 0 atom stereocenters. The third-order valence-corrected chi connectivity index (χ3v) is 5.07. The molecule has 0 spiro atoms. The van der Waals surface area contributed by atoms with Crippen molar-refractivity contribution >= 4 is 34.8 Å². The number of aromatic nitrogens is 3. The molecule has 0 bridgehead atoms. The van der Waals surface area contributed by atoms with E-state index in [2.05, 4.69) is 15.4 Å². The molecule has 3 aromatic carbocycles. The van der Waals surface area contributed by atoms with Crippen molar-refractivity contribution in [1.82, 2.24) is 14.8 Å². The van der Waals surface area contributed by atoms with Crippen LogP contribution in [0.1, 0.15) is 17.3 Å². The summed E-state index contributed by atoms with van der Waals surface area (Å²) in [5, 5.41) is 7.83. The van der Waals surface area contributed by atoms with Crippen molar-refractivity contribution in [2.75, 3.05) is 11.9 Å². The maximum Gasteiger partial charge on any atom is 0.336 e. The summed E-state index contributed by atoms with van der Waals surface area (Å²) in [6, 6.07) is 18.0. The fraction of sp³-hybridized carbons (Fsp3) is 0.0870. The molecule has 4 aromatic rings. The van der Waals surface area contributed by atoms with Crippen LogP contribution in [-0.2, 0) is 0 Å². The first-order valence-corrected chi connectivity index (χ1v) is 10.4. The standard InChI is InChI=1S/C23H17Cl2FN4O2/c1-2-32-23-28-21(18-5-3-4-6-20(18)26)30(29-23)16-10-8-15(9-11-16)27-22(31)17-12-7-14(24)13-19(17)25/h3-13H,2H2,1H3,(H,27,31). The normalized spacial score (nSPS) is 10.8. The fourth-order valence-electron chi connectivity index (χ4n) is 3.04. The predicted octanol–water partition coefficient (Wildman–Crippen LogP) is 6.03. The molecule has 0 saturated carbocycles. The first kappa shape index (κ1) is 21.8. The molecule has 1 aromatic heterocycles. The number of amides is 1. The number of ether oxygens (including phenoxy) is 1. The van der Waals surface area contributed by atoms with Crippen molar-refractivity contribution in [2.45, 2.75) is 6.92 Å². The van der Waals surface area contributed by atoms with Gasteiger partial charge >= 0.3 is 6.01 Å². The monoisotopic (exact) mass is 470 g/mol. The van der Waals surface area contributed by atoms with Crippen molar-refractivity contribution in [2.24, 2.45) is 0 Å². The molecule has 0 saturated heterocycles. The van der Waals surface area contributed by atoms with Crippen molar-refractivity contribution in [3.63, 3.8) is 0 Å². The molecule has 0 fully saturated rings. The number of hydrogen-bond donors (Lipinski definition) is 1. The minimum absolute atomic E-state index is 0.139. The molecule has 32 heavy (non-hydrogen) atoms. The Hall–Kier alpha value is -3.42. The Morgan fingerprint density at radius 3 is 2.53 bits per heavy atom. The van der Waals surface area contributed by atoms with Crippen LogP contribution in [0.25, 0.3) is 17.1 Å². The van der Waals surface area contributed by atoms with Gasteiger partial charge in [-0.2, -0.15) is 4.98 Å². The van der Waals surface area contributed by atoms with Gasteiger partial charge in [-0.1, -0.05) is 35.3 Å². The van der Waals surface area contributed by atoms with Crippen LogP contribution in [0, 0.1) is 5.82 Å². The lowest BCUT2D eigenvalue weighted by Crippen LogP contribution is -2.12. The zero-order valence-corrected chi connectivity index (χ0v) is 18.4. The first-order chi connectivity index (χ1) is 15.5. The number of carbonyl (C=O) groups is 1. The van der Waals surface area contributed by atoms with E-state index in [0.717, 1.165) is 0 Å². The van der Waals surface area contributed by atoms with Crippen molar-refractivity contribution in [3.05, 3.63) is 88.2 Å². The quantitative estimate of drug-likeness (QED) is 0.373. The fourth-order valence-corrected chi connectivity index (χ4v) is 3.53. The van der Waals surface area contributed by atoms with Crippen LogP contribution < -0.4 is 10.1 Å². The highest BCUT2D eigenvalue weighted by molar-refractivity contribution is 6.37. The molecule has 0 radical (unpaired) electrons. The molecule has 6 nitrogen and oxygen atoms in total. The Labute approximate surface area is 193 Å². The SMILES string of the molecule is CCOc1nc(-c2ccccc2F)n(-c2ccc(NC(=O)c3ccc(Cl)cc3Cl)cc2)n1. The summed E-state index contributed by atoms with van der Waals surface area (Å²) in [6.07, 6.45) is 0. The Bertz CT molecular complexity index is 1280. The summed E-state index contributed by atoms with van der Waals surface area (Å²) in [5.74, 6) is -0.491. The van der Waals surface area contributed by atoms with Gasteiger partial charge in [0.1, 0.15) is 5.82 Å². The van der Waals surface area contributed by atoms with E-state index in [1.807, 2.05) is 6.92 Å². The predicted molar refractivity (Wildman–Crippen MR) is 122 cm³/mol. The zero-order chi connectivity index (χ0) is 22.7. The van der Waals surface area contributed by atoms with Crippen molar-refractivity contribution < 1.29 is 13.9 Å². The van der Waals surface area contributed by atoms with Gasteiger partial charge in [-0.05, 0) is 61.5 Å². The lowest BCUT2D eigenvalue weighted by molar-refractivity contribution is 0.102. The molecular formula is C23H17Cl2FN4O2. The van der Waals surface area contributed by atoms with Crippen LogP contribution in [0.2, 0.25) is 10.0 Å². The Kier molecular flexibility index (Phi) is 6.39. The maximum absolute atomic E-state index is 14.4. The molecule has 0 aliphatic rings. The molecule has 0 unspecified atom stereocenters. The third kappa shape index (κ3) is 4.59. The molecule has 162 valence electrons. The molecule has 1 amide bonds. The van der Waals surface area contributed by atoms with E-state index in [4.69, 9.17) is 27.9 Å². The van der Waals surface area contributed by atoms with Crippen LogP contribution in [0.4, 0.5) is 10.1 Å². The topological polar surface area (TPSA) is 69.0 Å². The second kappa shape index (κ2) is 9.38. The van der Waals surface area contributed by atoms with Gasteiger partial charge in [0.05, 0.1) is 28.4 Å². The summed E-state index contributed by atoms with van der Waals surface area (Å²) < 4.78 is 21.3.